The van der Waals surface area contributed by atoms with E-state index in [-0.39, 0.29) is 13.2 Å². The standard InChI is InChI=1S/C10H10Cl2N2O3/c11-6-1-7(12)3-8(2-6)17-5-10(16)14-4-9(13)15/h1-3H,4-5H2,(H2,13,15)(H,14,16). The molecule has 0 aliphatic heterocycles. The Morgan fingerprint density at radius 2 is 1.82 bits per heavy atom. The van der Waals surface area contributed by atoms with E-state index in [9.17, 15) is 9.59 Å². The van der Waals surface area contributed by atoms with E-state index in [1.165, 1.54) is 12.1 Å². The zero-order chi connectivity index (χ0) is 12.8. The van der Waals surface area contributed by atoms with E-state index in [2.05, 4.69) is 5.32 Å². The van der Waals surface area contributed by atoms with Crippen LogP contribution in [0.3, 0.4) is 0 Å². The molecule has 0 spiro atoms. The number of ether oxygens (including phenoxy) is 1. The molecule has 92 valence electrons. The summed E-state index contributed by atoms with van der Waals surface area (Å²) < 4.78 is 5.13. The van der Waals surface area contributed by atoms with Crippen molar-refractivity contribution in [3.05, 3.63) is 28.2 Å². The summed E-state index contributed by atoms with van der Waals surface area (Å²) in [4.78, 5) is 21.6. The lowest BCUT2D eigenvalue weighted by atomic mass is 10.3. The number of rotatable bonds is 5. The molecule has 0 aliphatic carbocycles. The third kappa shape index (κ3) is 5.42. The van der Waals surface area contributed by atoms with Crippen molar-refractivity contribution in [1.29, 1.82) is 0 Å². The van der Waals surface area contributed by atoms with Gasteiger partial charge in [0.1, 0.15) is 5.75 Å². The van der Waals surface area contributed by atoms with E-state index in [1.54, 1.807) is 6.07 Å². The molecule has 1 aromatic rings. The second kappa shape index (κ2) is 6.32. The van der Waals surface area contributed by atoms with Gasteiger partial charge in [0, 0.05) is 10.0 Å². The first kappa shape index (κ1) is 13.6. The fourth-order valence-electron chi connectivity index (χ4n) is 0.997. The molecule has 2 amide bonds. The van der Waals surface area contributed by atoms with Crippen molar-refractivity contribution in [2.24, 2.45) is 5.73 Å². The second-order valence-corrected chi connectivity index (χ2v) is 4.01. The van der Waals surface area contributed by atoms with Crippen molar-refractivity contribution in [1.82, 2.24) is 5.32 Å². The zero-order valence-electron chi connectivity index (χ0n) is 8.70. The van der Waals surface area contributed by atoms with Gasteiger partial charge in [-0.25, -0.2) is 0 Å². The van der Waals surface area contributed by atoms with Crippen LogP contribution in [0, 0.1) is 0 Å². The summed E-state index contributed by atoms with van der Waals surface area (Å²) in [6, 6.07) is 4.59. The van der Waals surface area contributed by atoms with Gasteiger partial charge in [0.25, 0.3) is 5.91 Å². The van der Waals surface area contributed by atoms with Crippen LogP contribution in [0.15, 0.2) is 18.2 Å². The molecule has 7 heteroatoms. The molecule has 0 radical (unpaired) electrons. The number of primary amides is 1. The Labute approximate surface area is 108 Å². The molecule has 0 bridgehead atoms. The Bertz CT molecular complexity index is 417. The highest BCUT2D eigenvalue weighted by Crippen LogP contribution is 2.23. The molecule has 1 rings (SSSR count). The Morgan fingerprint density at radius 1 is 1.24 bits per heavy atom. The maximum atomic E-state index is 11.2. The monoisotopic (exact) mass is 276 g/mol. The number of halogens is 2. The molecule has 0 atom stereocenters. The van der Waals surface area contributed by atoms with Gasteiger partial charge in [0.2, 0.25) is 5.91 Å². The van der Waals surface area contributed by atoms with Gasteiger partial charge in [-0.2, -0.15) is 0 Å². The molecule has 5 nitrogen and oxygen atoms in total. The second-order valence-electron chi connectivity index (χ2n) is 3.14. The van der Waals surface area contributed by atoms with Gasteiger partial charge >= 0.3 is 0 Å². The van der Waals surface area contributed by atoms with E-state index in [0.717, 1.165) is 0 Å². The van der Waals surface area contributed by atoms with Crippen molar-refractivity contribution in [2.75, 3.05) is 13.2 Å². The van der Waals surface area contributed by atoms with Crippen LogP contribution in [-0.2, 0) is 9.59 Å². The van der Waals surface area contributed by atoms with Crippen LogP contribution >= 0.6 is 23.2 Å². The molecule has 3 N–H and O–H groups in total. The summed E-state index contributed by atoms with van der Waals surface area (Å²) in [5.41, 5.74) is 4.86. The first-order valence-corrected chi connectivity index (χ1v) is 5.37. The van der Waals surface area contributed by atoms with Crippen molar-refractivity contribution in [3.63, 3.8) is 0 Å². The summed E-state index contributed by atoms with van der Waals surface area (Å²) in [6.07, 6.45) is 0. The first-order valence-electron chi connectivity index (χ1n) is 4.61. The van der Waals surface area contributed by atoms with Gasteiger partial charge in [-0.3, -0.25) is 9.59 Å². The minimum atomic E-state index is -0.621. The molecule has 0 unspecified atom stereocenters. The molecule has 1 aromatic carbocycles. The summed E-state index contributed by atoms with van der Waals surface area (Å²) in [7, 11) is 0. The average Bonchev–Trinajstić information content (AvgIpc) is 2.22. The summed E-state index contributed by atoms with van der Waals surface area (Å²) in [5.74, 6) is -0.708. The Morgan fingerprint density at radius 3 is 2.35 bits per heavy atom. The average molecular weight is 277 g/mol. The highest BCUT2D eigenvalue weighted by Gasteiger charge is 2.05. The molecular weight excluding hydrogens is 267 g/mol. The maximum Gasteiger partial charge on any atom is 0.258 e. The van der Waals surface area contributed by atoms with Crippen molar-refractivity contribution >= 4 is 35.0 Å². The van der Waals surface area contributed by atoms with Gasteiger partial charge in [-0.05, 0) is 18.2 Å². The number of benzene rings is 1. The fourth-order valence-corrected chi connectivity index (χ4v) is 1.50. The lowest BCUT2D eigenvalue weighted by molar-refractivity contribution is -0.126. The summed E-state index contributed by atoms with van der Waals surface area (Å²) in [5, 5.41) is 3.09. The minimum Gasteiger partial charge on any atom is -0.484 e. The van der Waals surface area contributed by atoms with Crippen molar-refractivity contribution in [2.45, 2.75) is 0 Å². The summed E-state index contributed by atoms with van der Waals surface area (Å²) >= 11 is 11.5. The summed E-state index contributed by atoms with van der Waals surface area (Å²) in [6.45, 7) is -0.470. The highest BCUT2D eigenvalue weighted by molar-refractivity contribution is 6.34. The van der Waals surface area contributed by atoms with E-state index in [0.29, 0.717) is 15.8 Å². The number of amides is 2. The zero-order valence-corrected chi connectivity index (χ0v) is 10.2. The molecule has 0 fully saturated rings. The van der Waals surface area contributed by atoms with E-state index < -0.39 is 11.8 Å². The van der Waals surface area contributed by atoms with Crippen LogP contribution in [0.5, 0.6) is 5.75 Å². The van der Waals surface area contributed by atoms with E-state index >= 15 is 0 Å². The number of carbonyl (C=O) groups excluding carboxylic acids is 2. The van der Waals surface area contributed by atoms with Gasteiger partial charge in [0.05, 0.1) is 6.54 Å². The molecule has 0 saturated heterocycles. The van der Waals surface area contributed by atoms with Crippen LogP contribution in [-0.4, -0.2) is 25.0 Å². The number of nitrogens with two attached hydrogens (primary N) is 1. The van der Waals surface area contributed by atoms with Crippen LogP contribution in [0.4, 0.5) is 0 Å². The van der Waals surface area contributed by atoms with Crippen molar-refractivity contribution in [3.8, 4) is 5.75 Å². The topological polar surface area (TPSA) is 81.4 Å². The van der Waals surface area contributed by atoms with E-state index in [1.807, 2.05) is 0 Å². The highest BCUT2D eigenvalue weighted by atomic mass is 35.5. The number of hydrogen-bond donors (Lipinski definition) is 2. The number of carbonyl (C=O) groups is 2. The minimum absolute atomic E-state index is 0.224. The number of nitrogens with one attached hydrogen (secondary N) is 1. The first-order chi connectivity index (χ1) is 7.97. The maximum absolute atomic E-state index is 11.2. The fraction of sp³-hybridized carbons (Fsp3) is 0.200. The van der Waals surface area contributed by atoms with Crippen molar-refractivity contribution < 1.29 is 14.3 Å². The predicted octanol–water partition coefficient (Wildman–Crippen LogP) is 0.974. The Kier molecular flexibility index (Phi) is 5.06. The van der Waals surface area contributed by atoms with Crippen LogP contribution in [0.25, 0.3) is 0 Å². The van der Waals surface area contributed by atoms with Crippen LogP contribution in [0.2, 0.25) is 10.0 Å². The Balaban J connectivity index is 2.44. The number of hydrogen-bond acceptors (Lipinski definition) is 3. The molecule has 0 saturated carbocycles. The quantitative estimate of drug-likeness (QED) is 0.841. The SMILES string of the molecule is NC(=O)CNC(=O)COc1cc(Cl)cc(Cl)c1. The third-order valence-electron chi connectivity index (χ3n) is 1.67. The Hall–Kier alpha value is -1.46. The molecule has 0 heterocycles. The largest absolute Gasteiger partial charge is 0.484 e. The molecule has 0 aromatic heterocycles. The van der Waals surface area contributed by atoms with Gasteiger partial charge in [0.15, 0.2) is 6.61 Å². The lowest BCUT2D eigenvalue weighted by Crippen LogP contribution is -2.36. The third-order valence-corrected chi connectivity index (χ3v) is 2.10. The molecular formula is C10H10Cl2N2O3. The van der Waals surface area contributed by atoms with Crippen LogP contribution < -0.4 is 15.8 Å². The smallest absolute Gasteiger partial charge is 0.258 e. The van der Waals surface area contributed by atoms with Gasteiger partial charge < -0.3 is 15.8 Å². The van der Waals surface area contributed by atoms with E-state index in [4.69, 9.17) is 33.7 Å². The molecule has 0 aliphatic rings. The van der Waals surface area contributed by atoms with Crippen LogP contribution in [0.1, 0.15) is 0 Å². The molecule has 17 heavy (non-hydrogen) atoms. The van der Waals surface area contributed by atoms with Gasteiger partial charge in [-0.1, -0.05) is 23.2 Å². The predicted molar refractivity (Wildman–Crippen MR) is 64.2 cm³/mol. The lowest BCUT2D eigenvalue weighted by Gasteiger charge is -2.07. The van der Waals surface area contributed by atoms with Gasteiger partial charge in [-0.15, -0.1) is 0 Å². The normalized spacial score (nSPS) is 9.76.